The molecule has 2 nitrogen and oxygen atoms in total. The molecule has 0 aliphatic rings. The van der Waals surface area contributed by atoms with E-state index in [1.807, 2.05) is 14.0 Å². The fourth-order valence-electron chi connectivity index (χ4n) is 0.836. The van der Waals surface area contributed by atoms with Gasteiger partial charge in [-0.3, -0.25) is 0 Å². The third-order valence-electron chi connectivity index (χ3n) is 1.25. The molecule has 0 fully saturated rings. The van der Waals surface area contributed by atoms with Crippen LogP contribution in [0.5, 0.6) is 5.75 Å². The predicted octanol–water partition coefficient (Wildman–Crippen LogP) is 1.48. The number of hydrogen-bond donors (Lipinski definition) is 2. The van der Waals surface area contributed by atoms with Crippen LogP contribution in [-0.2, 0) is 6.54 Å². The molecule has 56 valence electrons. The molecule has 2 N–H and O–H groups in total. The van der Waals surface area contributed by atoms with Crippen molar-refractivity contribution in [2.45, 2.75) is 13.5 Å². The van der Waals surface area contributed by atoms with Crippen molar-refractivity contribution in [3.63, 3.8) is 0 Å². The lowest BCUT2D eigenvalue weighted by Gasteiger charge is -1.93. The second-order valence-corrected chi connectivity index (χ2v) is 3.54. The monoisotopic (exact) mass is 157 g/mol. The van der Waals surface area contributed by atoms with E-state index in [0.717, 1.165) is 16.3 Å². The van der Waals surface area contributed by atoms with Crippen LogP contribution in [0.1, 0.15) is 9.75 Å². The minimum absolute atomic E-state index is 0.414. The van der Waals surface area contributed by atoms with Gasteiger partial charge in [-0.25, -0.2) is 0 Å². The van der Waals surface area contributed by atoms with E-state index in [1.54, 1.807) is 17.4 Å². The molecular formula is C7H11NOS. The summed E-state index contributed by atoms with van der Waals surface area (Å²) in [6.45, 7) is 2.74. The maximum Gasteiger partial charge on any atom is 0.131 e. The van der Waals surface area contributed by atoms with Gasteiger partial charge >= 0.3 is 0 Å². The highest BCUT2D eigenvalue weighted by Crippen LogP contribution is 2.26. The second kappa shape index (κ2) is 3.03. The molecule has 1 rings (SSSR count). The van der Waals surface area contributed by atoms with Crippen LogP contribution in [0, 0.1) is 6.92 Å². The van der Waals surface area contributed by atoms with Crippen LogP contribution in [0.4, 0.5) is 0 Å². The molecule has 10 heavy (non-hydrogen) atoms. The molecule has 1 aromatic heterocycles. The summed E-state index contributed by atoms with van der Waals surface area (Å²) in [6.07, 6.45) is 0. The van der Waals surface area contributed by atoms with Crippen molar-refractivity contribution >= 4 is 11.3 Å². The highest BCUT2D eigenvalue weighted by atomic mass is 32.1. The van der Waals surface area contributed by atoms with Gasteiger partial charge in [0.2, 0.25) is 0 Å². The number of aromatic hydroxyl groups is 1. The number of rotatable bonds is 2. The SMILES string of the molecule is CNCc1sc(C)cc1O. The number of aryl methyl sites for hydroxylation is 1. The Morgan fingerprint density at radius 1 is 1.70 bits per heavy atom. The maximum absolute atomic E-state index is 9.23. The summed E-state index contributed by atoms with van der Waals surface area (Å²) in [4.78, 5) is 2.17. The minimum atomic E-state index is 0.414. The molecule has 0 bridgehead atoms. The van der Waals surface area contributed by atoms with Crippen molar-refractivity contribution in [3.8, 4) is 5.75 Å². The van der Waals surface area contributed by atoms with Gasteiger partial charge in [0.15, 0.2) is 0 Å². The molecule has 0 radical (unpaired) electrons. The largest absolute Gasteiger partial charge is 0.507 e. The highest BCUT2D eigenvalue weighted by molar-refractivity contribution is 7.12. The predicted molar refractivity (Wildman–Crippen MR) is 43.5 cm³/mol. The molecule has 0 spiro atoms. The number of thiophene rings is 1. The van der Waals surface area contributed by atoms with Gasteiger partial charge in [0.1, 0.15) is 5.75 Å². The summed E-state index contributed by atoms with van der Waals surface area (Å²) in [5.41, 5.74) is 0. The normalized spacial score (nSPS) is 10.2. The lowest BCUT2D eigenvalue weighted by molar-refractivity contribution is 0.470. The summed E-state index contributed by atoms with van der Waals surface area (Å²) >= 11 is 1.63. The average molecular weight is 157 g/mol. The molecule has 0 aromatic carbocycles. The van der Waals surface area contributed by atoms with Gasteiger partial charge in [-0.05, 0) is 20.0 Å². The summed E-state index contributed by atoms with van der Waals surface area (Å²) in [5.74, 6) is 0.414. The molecule has 0 atom stereocenters. The first-order chi connectivity index (χ1) is 4.74. The van der Waals surface area contributed by atoms with Gasteiger partial charge in [-0.1, -0.05) is 0 Å². The van der Waals surface area contributed by atoms with Crippen LogP contribution >= 0.6 is 11.3 Å². The zero-order chi connectivity index (χ0) is 7.56. The molecule has 0 amide bonds. The van der Waals surface area contributed by atoms with Crippen molar-refractivity contribution in [2.24, 2.45) is 0 Å². The topological polar surface area (TPSA) is 32.3 Å². The smallest absolute Gasteiger partial charge is 0.131 e. The van der Waals surface area contributed by atoms with Crippen LogP contribution in [0.3, 0.4) is 0 Å². The Labute approximate surface area is 64.5 Å². The maximum atomic E-state index is 9.23. The highest BCUT2D eigenvalue weighted by Gasteiger charge is 2.02. The number of nitrogens with one attached hydrogen (secondary N) is 1. The van der Waals surface area contributed by atoms with E-state index in [9.17, 15) is 5.11 Å². The van der Waals surface area contributed by atoms with E-state index in [4.69, 9.17) is 0 Å². The molecule has 0 saturated carbocycles. The van der Waals surface area contributed by atoms with Crippen LogP contribution in [0.25, 0.3) is 0 Å². The van der Waals surface area contributed by atoms with Gasteiger partial charge in [-0.2, -0.15) is 0 Å². The van der Waals surface area contributed by atoms with Crippen molar-refractivity contribution in [1.82, 2.24) is 5.32 Å². The lowest BCUT2D eigenvalue weighted by atomic mass is 10.4. The van der Waals surface area contributed by atoms with Gasteiger partial charge in [0, 0.05) is 11.4 Å². The van der Waals surface area contributed by atoms with Crippen molar-refractivity contribution in [2.75, 3.05) is 7.05 Å². The zero-order valence-corrected chi connectivity index (χ0v) is 6.96. The molecule has 0 unspecified atom stereocenters. The standard InChI is InChI=1S/C7H11NOS/c1-5-3-6(9)7(10-5)4-8-2/h3,8-9H,4H2,1-2H3. The van der Waals surface area contributed by atoms with E-state index >= 15 is 0 Å². The fraction of sp³-hybridized carbons (Fsp3) is 0.429. The Morgan fingerprint density at radius 3 is 2.80 bits per heavy atom. The van der Waals surface area contributed by atoms with E-state index in [-0.39, 0.29) is 0 Å². The lowest BCUT2D eigenvalue weighted by Crippen LogP contribution is -2.02. The number of hydrogen-bond acceptors (Lipinski definition) is 3. The van der Waals surface area contributed by atoms with Gasteiger partial charge < -0.3 is 10.4 Å². The molecule has 0 aliphatic carbocycles. The van der Waals surface area contributed by atoms with E-state index in [1.165, 1.54) is 0 Å². The molecular weight excluding hydrogens is 146 g/mol. The fourth-order valence-corrected chi connectivity index (χ4v) is 1.78. The van der Waals surface area contributed by atoms with Gasteiger partial charge in [-0.15, -0.1) is 11.3 Å². The molecule has 1 heterocycles. The third-order valence-corrected chi connectivity index (χ3v) is 2.29. The quantitative estimate of drug-likeness (QED) is 0.681. The minimum Gasteiger partial charge on any atom is -0.507 e. The van der Waals surface area contributed by atoms with Crippen molar-refractivity contribution < 1.29 is 5.11 Å². The van der Waals surface area contributed by atoms with Crippen LogP contribution in [0.15, 0.2) is 6.07 Å². The Hall–Kier alpha value is -0.540. The van der Waals surface area contributed by atoms with Crippen LogP contribution in [-0.4, -0.2) is 12.2 Å². The van der Waals surface area contributed by atoms with Gasteiger partial charge in [0.25, 0.3) is 0 Å². The molecule has 0 saturated heterocycles. The van der Waals surface area contributed by atoms with Crippen molar-refractivity contribution in [1.29, 1.82) is 0 Å². The van der Waals surface area contributed by atoms with E-state index in [2.05, 4.69) is 5.32 Å². The van der Waals surface area contributed by atoms with Gasteiger partial charge in [0.05, 0.1) is 4.88 Å². The first kappa shape index (κ1) is 7.57. The first-order valence-electron chi connectivity index (χ1n) is 3.17. The summed E-state index contributed by atoms with van der Waals surface area (Å²) < 4.78 is 0. The van der Waals surface area contributed by atoms with Crippen LogP contribution < -0.4 is 5.32 Å². The first-order valence-corrected chi connectivity index (χ1v) is 3.98. The second-order valence-electron chi connectivity index (χ2n) is 2.20. The summed E-state index contributed by atoms with van der Waals surface area (Å²) in [7, 11) is 1.87. The Balaban J connectivity index is 2.81. The summed E-state index contributed by atoms with van der Waals surface area (Å²) in [5, 5.41) is 12.2. The van der Waals surface area contributed by atoms with Crippen molar-refractivity contribution in [3.05, 3.63) is 15.8 Å². The average Bonchev–Trinajstić information content (AvgIpc) is 2.13. The Kier molecular flexibility index (Phi) is 2.29. The van der Waals surface area contributed by atoms with E-state index in [0.29, 0.717) is 5.75 Å². The Morgan fingerprint density at radius 2 is 2.40 bits per heavy atom. The zero-order valence-electron chi connectivity index (χ0n) is 6.14. The van der Waals surface area contributed by atoms with E-state index < -0.39 is 0 Å². The van der Waals surface area contributed by atoms with Crippen LogP contribution in [0.2, 0.25) is 0 Å². The Bertz CT molecular complexity index is 219. The molecule has 1 aromatic rings. The third kappa shape index (κ3) is 1.49. The molecule has 0 aliphatic heterocycles. The molecule has 3 heteroatoms. The summed E-state index contributed by atoms with van der Waals surface area (Å²) in [6, 6.07) is 1.79.